The molecule has 0 radical (unpaired) electrons. The van der Waals surface area contributed by atoms with Gasteiger partial charge in [-0.2, -0.15) is 0 Å². The highest BCUT2D eigenvalue weighted by atomic mass is 35.5. The quantitative estimate of drug-likeness (QED) is 0.711. The number of rotatable bonds is 5. The van der Waals surface area contributed by atoms with Crippen molar-refractivity contribution < 1.29 is 4.42 Å². The number of furan rings is 1. The molecule has 0 saturated carbocycles. The maximum absolute atomic E-state index is 6.38. The number of likely N-dealkylation sites (N-methyl/N-ethyl adjacent to an activating group) is 1. The van der Waals surface area contributed by atoms with Crippen LogP contribution in [0.5, 0.6) is 0 Å². The smallest absolute Gasteiger partial charge is 0.143 e. The molecule has 0 aliphatic carbocycles. The standard InChI is InChI=1S/C17H18ClN3O/c1-20(2)16(14-5-3-4-6-15(14)18)11-21-9-8-19-17(21)13-7-10-22-12-13/h3-10,12,16H,11H2,1-2H3/t16-/m0/s1. The highest BCUT2D eigenvalue weighted by Gasteiger charge is 2.19. The summed E-state index contributed by atoms with van der Waals surface area (Å²) in [5, 5.41) is 0.783. The molecule has 22 heavy (non-hydrogen) atoms. The van der Waals surface area contributed by atoms with Crippen LogP contribution in [0.25, 0.3) is 11.4 Å². The highest BCUT2D eigenvalue weighted by Crippen LogP contribution is 2.29. The van der Waals surface area contributed by atoms with Crippen LogP contribution in [0.1, 0.15) is 11.6 Å². The zero-order valence-electron chi connectivity index (χ0n) is 12.6. The molecule has 2 aromatic heterocycles. The molecule has 0 amide bonds. The van der Waals surface area contributed by atoms with Crippen molar-refractivity contribution in [2.75, 3.05) is 14.1 Å². The number of hydrogen-bond acceptors (Lipinski definition) is 3. The molecule has 3 rings (SSSR count). The van der Waals surface area contributed by atoms with Crippen LogP contribution in [0.3, 0.4) is 0 Å². The molecular weight excluding hydrogens is 298 g/mol. The Morgan fingerprint density at radius 3 is 2.77 bits per heavy atom. The van der Waals surface area contributed by atoms with E-state index in [1.165, 1.54) is 0 Å². The van der Waals surface area contributed by atoms with Crippen molar-refractivity contribution in [2.45, 2.75) is 12.6 Å². The Morgan fingerprint density at radius 1 is 1.27 bits per heavy atom. The summed E-state index contributed by atoms with van der Waals surface area (Å²) in [7, 11) is 4.12. The van der Waals surface area contributed by atoms with Crippen LogP contribution in [0.4, 0.5) is 0 Å². The van der Waals surface area contributed by atoms with Crippen LogP contribution in [-0.2, 0) is 6.54 Å². The summed E-state index contributed by atoms with van der Waals surface area (Å²) in [5.74, 6) is 0.896. The van der Waals surface area contributed by atoms with E-state index in [9.17, 15) is 0 Å². The molecule has 1 aromatic carbocycles. The van der Waals surface area contributed by atoms with E-state index in [4.69, 9.17) is 16.0 Å². The molecule has 0 unspecified atom stereocenters. The van der Waals surface area contributed by atoms with E-state index in [1.807, 2.05) is 36.7 Å². The number of nitrogens with zero attached hydrogens (tertiary/aromatic N) is 3. The fourth-order valence-electron chi connectivity index (χ4n) is 2.58. The van der Waals surface area contributed by atoms with E-state index in [0.717, 1.165) is 28.5 Å². The van der Waals surface area contributed by atoms with E-state index in [0.29, 0.717) is 0 Å². The first-order chi connectivity index (χ1) is 10.7. The molecule has 3 aromatic rings. The van der Waals surface area contributed by atoms with Gasteiger partial charge in [0.2, 0.25) is 0 Å². The molecule has 114 valence electrons. The SMILES string of the molecule is CN(C)[C@@H](Cn1ccnc1-c1ccoc1)c1ccccc1Cl. The van der Waals surface area contributed by atoms with Crippen molar-refractivity contribution in [1.82, 2.24) is 14.5 Å². The predicted octanol–water partition coefficient (Wildman–Crippen LogP) is 4.10. The lowest BCUT2D eigenvalue weighted by molar-refractivity contribution is 0.270. The lowest BCUT2D eigenvalue weighted by Gasteiger charge is -2.26. The van der Waals surface area contributed by atoms with E-state index < -0.39 is 0 Å². The number of hydrogen-bond donors (Lipinski definition) is 0. The van der Waals surface area contributed by atoms with Crippen LogP contribution >= 0.6 is 11.6 Å². The van der Waals surface area contributed by atoms with Gasteiger partial charge in [0.1, 0.15) is 12.1 Å². The Labute approximate surface area is 135 Å². The number of halogens is 1. The van der Waals surface area contributed by atoms with Gasteiger partial charge in [0.05, 0.1) is 17.9 Å². The van der Waals surface area contributed by atoms with Gasteiger partial charge in [-0.25, -0.2) is 4.98 Å². The summed E-state index contributed by atoms with van der Waals surface area (Å²) in [6.45, 7) is 0.761. The monoisotopic (exact) mass is 315 g/mol. The molecule has 1 atom stereocenters. The summed E-state index contributed by atoms with van der Waals surface area (Å²) >= 11 is 6.38. The van der Waals surface area contributed by atoms with Gasteiger partial charge in [0.15, 0.2) is 0 Å². The summed E-state index contributed by atoms with van der Waals surface area (Å²) in [6, 6.07) is 10.0. The number of aromatic nitrogens is 2. The first kappa shape index (κ1) is 14.9. The molecule has 0 aliphatic rings. The minimum absolute atomic E-state index is 0.161. The second kappa shape index (κ2) is 6.38. The Morgan fingerprint density at radius 2 is 2.09 bits per heavy atom. The molecule has 2 heterocycles. The molecule has 4 nitrogen and oxygen atoms in total. The zero-order chi connectivity index (χ0) is 15.5. The maximum atomic E-state index is 6.38. The molecule has 0 fully saturated rings. The molecule has 5 heteroatoms. The number of imidazole rings is 1. The van der Waals surface area contributed by atoms with E-state index in [-0.39, 0.29) is 6.04 Å². The second-order valence-electron chi connectivity index (χ2n) is 5.42. The van der Waals surface area contributed by atoms with Crippen LogP contribution in [0.15, 0.2) is 59.7 Å². The molecule has 0 saturated heterocycles. The van der Waals surface area contributed by atoms with Gasteiger partial charge >= 0.3 is 0 Å². The van der Waals surface area contributed by atoms with Crippen LogP contribution in [0.2, 0.25) is 5.02 Å². The largest absolute Gasteiger partial charge is 0.472 e. The normalized spacial score (nSPS) is 12.7. The second-order valence-corrected chi connectivity index (χ2v) is 5.82. The van der Waals surface area contributed by atoms with Crippen molar-refractivity contribution in [3.63, 3.8) is 0 Å². The molecule has 0 aliphatic heterocycles. The van der Waals surface area contributed by atoms with Crippen molar-refractivity contribution in [3.8, 4) is 11.4 Å². The lowest BCUT2D eigenvalue weighted by Crippen LogP contribution is -2.25. The zero-order valence-corrected chi connectivity index (χ0v) is 13.4. The summed E-state index contributed by atoms with van der Waals surface area (Å²) in [4.78, 5) is 6.61. The fraction of sp³-hybridized carbons (Fsp3) is 0.235. The van der Waals surface area contributed by atoms with Gasteiger partial charge < -0.3 is 13.9 Å². The van der Waals surface area contributed by atoms with Crippen molar-refractivity contribution in [2.24, 2.45) is 0 Å². The average Bonchev–Trinajstić information content (AvgIpc) is 3.16. The minimum Gasteiger partial charge on any atom is -0.472 e. The minimum atomic E-state index is 0.161. The van der Waals surface area contributed by atoms with E-state index in [1.54, 1.807) is 12.5 Å². The van der Waals surface area contributed by atoms with Gasteiger partial charge in [-0.3, -0.25) is 0 Å². The van der Waals surface area contributed by atoms with Crippen molar-refractivity contribution in [3.05, 3.63) is 65.8 Å². The first-order valence-electron chi connectivity index (χ1n) is 7.11. The van der Waals surface area contributed by atoms with Gasteiger partial charge in [-0.15, -0.1) is 0 Å². The Balaban J connectivity index is 1.93. The molecule has 0 bridgehead atoms. The summed E-state index contributed by atoms with van der Waals surface area (Å²) in [5.41, 5.74) is 2.09. The van der Waals surface area contributed by atoms with Gasteiger partial charge in [-0.05, 0) is 31.8 Å². The van der Waals surface area contributed by atoms with Gasteiger partial charge in [0, 0.05) is 24.0 Å². The fourth-order valence-corrected chi connectivity index (χ4v) is 2.84. The van der Waals surface area contributed by atoms with Gasteiger partial charge in [0.25, 0.3) is 0 Å². The Hall–Kier alpha value is -2.04. The van der Waals surface area contributed by atoms with E-state index in [2.05, 4.69) is 34.6 Å². The van der Waals surface area contributed by atoms with Crippen molar-refractivity contribution >= 4 is 11.6 Å². The Bertz CT molecular complexity index is 734. The average molecular weight is 316 g/mol. The third-order valence-electron chi connectivity index (χ3n) is 3.75. The van der Waals surface area contributed by atoms with Gasteiger partial charge in [-0.1, -0.05) is 29.8 Å². The van der Waals surface area contributed by atoms with Crippen LogP contribution < -0.4 is 0 Å². The molecule has 0 spiro atoms. The molecular formula is C17H18ClN3O. The van der Waals surface area contributed by atoms with Crippen LogP contribution in [0, 0.1) is 0 Å². The van der Waals surface area contributed by atoms with Crippen molar-refractivity contribution in [1.29, 1.82) is 0 Å². The summed E-state index contributed by atoms with van der Waals surface area (Å²) in [6.07, 6.45) is 7.15. The Kier molecular flexibility index (Phi) is 4.32. The highest BCUT2D eigenvalue weighted by molar-refractivity contribution is 6.31. The first-order valence-corrected chi connectivity index (χ1v) is 7.49. The predicted molar refractivity (Wildman–Crippen MR) is 87.8 cm³/mol. The maximum Gasteiger partial charge on any atom is 0.143 e. The third-order valence-corrected chi connectivity index (χ3v) is 4.10. The third kappa shape index (κ3) is 2.93. The lowest BCUT2D eigenvalue weighted by atomic mass is 10.1. The topological polar surface area (TPSA) is 34.2 Å². The molecule has 0 N–H and O–H groups in total. The van der Waals surface area contributed by atoms with Crippen LogP contribution in [-0.4, -0.2) is 28.5 Å². The summed E-state index contributed by atoms with van der Waals surface area (Å²) < 4.78 is 7.29. The van der Waals surface area contributed by atoms with E-state index >= 15 is 0 Å². The number of benzene rings is 1.